The number of rotatable bonds is 7. The Bertz CT molecular complexity index is 585. The SMILES string of the molecule is Nc1ccc(/C=C/c2ccc(N(CCO)CCO)cc2)cc1. The highest BCUT2D eigenvalue weighted by Gasteiger charge is 2.04. The zero-order chi connectivity index (χ0) is 15.8. The summed E-state index contributed by atoms with van der Waals surface area (Å²) in [6.45, 7) is 1.17. The molecule has 0 spiro atoms. The van der Waals surface area contributed by atoms with Crippen LogP contribution in [0.3, 0.4) is 0 Å². The van der Waals surface area contributed by atoms with Crippen LogP contribution in [-0.4, -0.2) is 36.5 Å². The number of nitrogen functional groups attached to an aromatic ring is 1. The molecule has 4 nitrogen and oxygen atoms in total. The number of hydrogen-bond acceptors (Lipinski definition) is 4. The first-order chi connectivity index (χ1) is 10.7. The van der Waals surface area contributed by atoms with Crippen molar-refractivity contribution in [2.45, 2.75) is 0 Å². The van der Waals surface area contributed by atoms with Crippen LogP contribution in [0.15, 0.2) is 48.5 Å². The molecule has 4 heteroatoms. The minimum absolute atomic E-state index is 0.0682. The van der Waals surface area contributed by atoms with E-state index in [1.165, 1.54) is 0 Å². The number of aliphatic hydroxyl groups excluding tert-OH is 2. The molecule has 4 N–H and O–H groups in total. The van der Waals surface area contributed by atoms with Crippen molar-refractivity contribution in [3.05, 3.63) is 59.7 Å². The van der Waals surface area contributed by atoms with Crippen molar-refractivity contribution >= 4 is 23.5 Å². The molecular formula is C18H22N2O2. The number of nitrogens with two attached hydrogens (primary N) is 1. The quantitative estimate of drug-likeness (QED) is 0.541. The van der Waals surface area contributed by atoms with E-state index in [9.17, 15) is 0 Å². The van der Waals surface area contributed by atoms with Gasteiger partial charge in [-0.05, 0) is 35.4 Å². The molecule has 2 aromatic carbocycles. The van der Waals surface area contributed by atoms with E-state index in [4.69, 9.17) is 15.9 Å². The van der Waals surface area contributed by atoms with Crippen molar-refractivity contribution in [3.63, 3.8) is 0 Å². The molecule has 0 aliphatic carbocycles. The Morgan fingerprint density at radius 1 is 0.773 bits per heavy atom. The second-order valence-corrected chi connectivity index (χ2v) is 5.03. The van der Waals surface area contributed by atoms with Gasteiger partial charge in [0.05, 0.1) is 13.2 Å². The summed E-state index contributed by atoms with van der Waals surface area (Å²) in [4.78, 5) is 1.95. The molecule has 0 aliphatic heterocycles. The molecule has 0 saturated heterocycles. The fourth-order valence-corrected chi connectivity index (χ4v) is 2.21. The summed E-state index contributed by atoms with van der Waals surface area (Å²) in [6, 6.07) is 15.7. The van der Waals surface area contributed by atoms with Gasteiger partial charge in [0.2, 0.25) is 0 Å². The van der Waals surface area contributed by atoms with Crippen LogP contribution in [0, 0.1) is 0 Å². The zero-order valence-corrected chi connectivity index (χ0v) is 12.5. The number of hydrogen-bond donors (Lipinski definition) is 3. The average molecular weight is 298 g/mol. The van der Waals surface area contributed by atoms with Gasteiger partial charge < -0.3 is 20.8 Å². The van der Waals surface area contributed by atoms with Crippen LogP contribution in [0.4, 0.5) is 11.4 Å². The topological polar surface area (TPSA) is 69.7 Å². The lowest BCUT2D eigenvalue weighted by atomic mass is 10.1. The highest BCUT2D eigenvalue weighted by molar-refractivity contribution is 5.71. The van der Waals surface area contributed by atoms with E-state index >= 15 is 0 Å². The van der Waals surface area contributed by atoms with Crippen molar-refractivity contribution in [3.8, 4) is 0 Å². The minimum Gasteiger partial charge on any atom is -0.399 e. The molecule has 0 radical (unpaired) electrons. The van der Waals surface area contributed by atoms with Gasteiger partial charge in [-0.15, -0.1) is 0 Å². The van der Waals surface area contributed by atoms with Gasteiger partial charge in [0, 0.05) is 24.5 Å². The molecule has 0 fully saturated rings. The van der Waals surface area contributed by atoms with Crippen LogP contribution in [0.5, 0.6) is 0 Å². The Morgan fingerprint density at radius 2 is 1.23 bits per heavy atom. The van der Waals surface area contributed by atoms with Crippen LogP contribution in [0.2, 0.25) is 0 Å². The molecule has 2 aromatic rings. The van der Waals surface area contributed by atoms with Gasteiger partial charge in [0.15, 0.2) is 0 Å². The maximum Gasteiger partial charge on any atom is 0.0606 e. The van der Waals surface area contributed by atoms with E-state index in [2.05, 4.69) is 0 Å². The summed E-state index contributed by atoms with van der Waals surface area (Å²) in [5.74, 6) is 0. The predicted molar refractivity (Wildman–Crippen MR) is 92.6 cm³/mol. The third kappa shape index (κ3) is 4.62. The summed E-state index contributed by atoms with van der Waals surface area (Å²) >= 11 is 0. The van der Waals surface area contributed by atoms with Gasteiger partial charge >= 0.3 is 0 Å². The summed E-state index contributed by atoms with van der Waals surface area (Å²) < 4.78 is 0. The summed E-state index contributed by atoms with van der Waals surface area (Å²) in [6.07, 6.45) is 4.07. The van der Waals surface area contributed by atoms with E-state index in [0.29, 0.717) is 13.1 Å². The number of anilines is 2. The fraction of sp³-hybridized carbons (Fsp3) is 0.222. The Kier molecular flexibility index (Phi) is 6.01. The summed E-state index contributed by atoms with van der Waals surface area (Å²) in [7, 11) is 0. The lowest BCUT2D eigenvalue weighted by Gasteiger charge is -2.22. The molecule has 0 atom stereocenters. The second kappa shape index (κ2) is 8.22. The molecule has 0 heterocycles. The third-order valence-corrected chi connectivity index (χ3v) is 3.40. The highest BCUT2D eigenvalue weighted by atomic mass is 16.3. The summed E-state index contributed by atoms with van der Waals surface area (Å²) in [5.41, 5.74) is 9.60. The molecule has 0 bridgehead atoms. The van der Waals surface area contributed by atoms with Crippen LogP contribution in [-0.2, 0) is 0 Å². The van der Waals surface area contributed by atoms with Gasteiger partial charge in [-0.2, -0.15) is 0 Å². The van der Waals surface area contributed by atoms with Gasteiger partial charge in [-0.25, -0.2) is 0 Å². The van der Waals surface area contributed by atoms with Crippen LogP contribution in [0.25, 0.3) is 12.2 Å². The molecule has 0 amide bonds. The lowest BCUT2D eigenvalue weighted by Crippen LogP contribution is -2.29. The van der Waals surface area contributed by atoms with E-state index in [0.717, 1.165) is 22.5 Å². The zero-order valence-electron chi connectivity index (χ0n) is 12.5. The number of nitrogens with zero attached hydrogens (tertiary/aromatic N) is 1. The van der Waals surface area contributed by atoms with Gasteiger partial charge in [0.25, 0.3) is 0 Å². The maximum atomic E-state index is 9.07. The van der Waals surface area contributed by atoms with Crippen molar-refractivity contribution in [2.75, 3.05) is 36.9 Å². The largest absolute Gasteiger partial charge is 0.399 e. The van der Waals surface area contributed by atoms with Gasteiger partial charge in [0.1, 0.15) is 0 Å². The molecule has 0 aliphatic rings. The standard InChI is InChI=1S/C18H22N2O2/c19-17-7-3-15(4-8-17)1-2-16-5-9-18(10-6-16)20(11-13-21)12-14-22/h1-10,21-22H,11-14,19H2/b2-1+. The van der Waals surface area contributed by atoms with Gasteiger partial charge in [-0.3, -0.25) is 0 Å². The van der Waals surface area contributed by atoms with E-state index in [-0.39, 0.29) is 13.2 Å². The third-order valence-electron chi connectivity index (χ3n) is 3.40. The molecule has 0 aromatic heterocycles. The molecule has 0 saturated carbocycles. The lowest BCUT2D eigenvalue weighted by molar-refractivity contribution is 0.281. The molecular weight excluding hydrogens is 276 g/mol. The summed E-state index contributed by atoms with van der Waals surface area (Å²) in [5, 5.41) is 18.1. The van der Waals surface area contributed by atoms with Crippen LogP contribution < -0.4 is 10.6 Å². The molecule has 2 rings (SSSR count). The Balaban J connectivity index is 2.06. The second-order valence-electron chi connectivity index (χ2n) is 5.03. The first-order valence-electron chi connectivity index (χ1n) is 7.33. The van der Waals surface area contributed by atoms with Crippen LogP contribution >= 0.6 is 0 Å². The van der Waals surface area contributed by atoms with Crippen molar-refractivity contribution in [1.29, 1.82) is 0 Å². The van der Waals surface area contributed by atoms with Gasteiger partial charge in [-0.1, -0.05) is 36.4 Å². The molecule has 116 valence electrons. The van der Waals surface area contributed by atoms with E-state index in [1.54, 1.807) is 0 Å². The van der Waals surface area contributed by atoms with Crippen molar-refractivity contribution in [1.82, 2.24) is 0 Å². The molecule has 0 unspecified atom stereocenters. The smallest absolute Gasteiger partial charge is 0.0606 e. The predicted octanol–water partition coefficient (Wildman–Crippen LogP) is 2.23. The Hall–Kier alpha value is -2.30. The number of aliphatic hydroxyl groups is 2. The van der Waals surface area contributed by atoms with E-state index < -0.39 is 0 Å². The maximum absolute atomic E-state index is 9.07. The monoisotopic (exact) mass is 298 g/mol. The fourth-order valence-electron chi connectivity index (χ4n) is 2.21. The normalized spacial score (nSPS) is 11.0. The van der Waals surface area contributed by atoms with Crippen molar-refractivity contribution < 1.29 is 10.2 Å². The minimum atomic E-state index is 0.0682. The Labute approximate surface area is 131 Å². The first kappa shape index (κ1) is 16.1. The first-order valence-corrected chi connectivity index (χ1v) is 7.33. The van der Waals surface area contributed by atoms with E-state index in [1.807, 2.05) is 65.6 Å². The Morgan fingerprint density at radius 3 is 1.68 bits per heavy atom. The molecule has 22 heavy (non-hydrogen) atoms. The number of benzene rings is 2. The van der Waals surface area contributed by atoms with Crippen LogP contribution in [0.1, 0.15) is 11.1 Å². The average Bonchev–Trinajstić information content (AvgIpc) is 2.55. The highest BCUT2D eigenvalue weighted by Crippen LogP contribution is 2.17. The van der Waals surface area contributed by atoms with Crippen molar-refractivity contribution in [2.24, 2.45) is 0 Å².